The Bertz CT molecular complexity index is 594. The number of anilines is 1. The van der Waals surface area contributed by atoms with Crippen LogP contribution >= 0.6 is 0 Å². The van der Waals surface area contributed by atoms with Gasteiger partial charge in [-0.1, -0.05) is 0 Å². The highest BCUT2D eigenvalue weighted by molar-refractivity contribution is 5.74. The van der Waals surface area contributed by atoms with Crippen LogP contribution in [0.4, 0.5) is 5.95 Å². The van der Waals surface area contributed by atoms with Crippen molar-refractivity contribution >= 4 is 17.1 Å². The summed E-state index contributed by atoms with van der Waals surface area (Å²) in [5.41, 5.74) is 8.65. The molecule has 2 aromatic heterocycles. The number of nitrogens with two attached hydrogens (primary N) is 1. The molecule has 3 heterocycles. The van der Waals surface area contributed by atoms with Crippen molar-refractivity contribution in [3.8, 4) is 0 Å². The maximum Gasteiger partial charge on any atom is 0.202 e. The van der Waals surface area contributed by atoms with E-state index in [9.17, 15) is 0 Å². The van der Waals surface area contributed by atoms with E-state index in [1.54, 1.807) is 0 Å². The van der Waals surface area contributed by atoms with Crippen LogP contribution in [0.1, 0.15) is 5.69 Å². The van der Waals surface area contributed by atoms with Crippen molar-refractivity contribution in [3.63, 3.8) is 0 Å². The van der Waals surface area contributed by atoms with E-state index in [-0.39, 0.29) is 6.10 Å². The van der Waals surface area contributed by atoms with Crippen LogP contribution in [-0.2, 0) is 11.3 Å². The summed E-state index contributed by atoms with van der Waals surface area (Å²) in [7, 11) is 2.10. The standard InChI is InChI=1S/C13H19N5O/c1-9-3-4-11-12(15-9)18(13(14)16-11)8-10-7-17(2)5-6-19-10/h3-4,10H,5-8H2,1-2H3,(H2,14,16). The van der Waals surface area contributed by atoms with E-state index in [0.717, 1.165) is 36.6 Å². The molecular formula is C13H19N5O. The molecule has 3 rings (SSSR count). The zero-order valence-electron chi connectivity index (χ0n) is 11.3. The molecule has 0 radical (unpaired) electrons. The van der Waals surface area contributed by atoms with Gasteiger partial charge in [0.05, 0.1) is 19.3 Å². The van der Waals surface area contributed by atoms with Gasteiger partial charge in [-0.15, -0.1) is 0 Å². The first-order chi connectivity index (χ1) is 9.13. The first kappa shape index (κ1) is 12.4. The van der Waals surface area contributed by atoms with E-state index in [4.69, 9.17) is 10.5 Å². The summed E-state index contributed by atoms with van der Waals surface area (Å²) in [5.74, 6) is 0.505. The van der Waals surface area contributed by atoms with Gasteiger partial charge in [-0.25, -0.2) is 9.97 Å². The average Bonchev–Trinajstić information content (AvgIpc) is 2.66. The summed E-state index contributed by atoms with van der Waals surface area (Å²) in [6, 6.07) is 3.91. The topological polar surface area (TPSA) is 69.2 Å². The predicted octanol–water partition coefficient (Wildman–Crippen LogP) is 0.653. The summed E-state index contributed by atoms with van der Waals surface area (Å²) in [6.07, 6.45) is 0.140. The summed E-state index contributed by atoms with van der Waals surface area (Å²) in [4.78, 5) is 11.1. The van der Waals surface area contributed by atoms with Gasteiger partial charge < -0.3 is 15.4 Å². The molecule has 102 valence electrons. The van der Waals surface area contributed by atoms with E-state index >= 15 is 0 Å². The van der Waals surface area contributed by atoms with Crippen LogP contribution in [0.15, 0.2) is 12.1 Å². The zero-order chi connectivity index (χ0) is 13.4. The number of aryl methyl sites for hydroxylation is 1. The molecule has 6 nitrogen and oxygen atoms in total. The first-order valence-corrected chi connectivity index (χ1v) is 6.53. The van der Waals surface area contributed by atoms with Gasteiger partial charge in [0, 0.05) is 18.8 Å². The molecule has 0 aromatic carbocycles. The van der Waals surface area contributed by atoms with Gasteiger partial charge in [-0.2, -0.15) is 0 Å². The number of nitrogens with zero attached hydrogens (tertiary/aromatic N) is 4. The molecule has 1 atom stereocenters. The van der Waals surface area contributed by atoms with E-state index in [1.165, 1.54) is 0 Å². The molecule has 1 fully saturated rings. The third kappa shape index (κ3) is 2.41. The van der Waals surface area contributed by atoms with Crippen LogP contribution in [0.3, 0.4) is 0 Å². The first-order valence-electron chi connectivity index (χ1n) is 6.53. The number of ether oxygens (including phenoxy) is 1. The lowest BCUT2D eigenvalue weighted by molar-refractivity contribution is -0.0267. The van der Waals surface area contributed by atoms with Gasteiger partial charge in [-0.05, 0) is 26.1 Å². The van der Waals surface area contributed by atoms with Crippen molar-refractivity contribution in [3.05, 3.63) is 17.8 Å². The smallest absolute Gasteiger partial charge is 0.202 e. The third-order valence-corrected chi connectivity index (χ3v) is 3.49. The number of fused-ring (bicyclic) bond motifs is 1. The fourth-order valence-electron chi connectivity index (χ4n) is 2.47. The Labute approximate surface area is 112 Å². The lowest BCUT2D eigenvalue weighted by Gasteiger charge is -2.30. The maximum atomic E-state index is 6.00. The lowest BCUT2D eigenvalue weighted by Crippen LogP contribution is -2.42. The monoisotopic (exact) mass is 261 g/mol. The van der Waals surface area contributed by atoms with Crippen molar-refractivity contribution in [2.24, 2.45) is 0 Å². The Kier molecular flexibility index (Phi) is 3.12. The van der Waals surface area contributed by atoms with Crippen molar-refractivity contribution in [2.75, 3.05) is 32.5 Å². The molecule has 19 heavy (non-hydrogen) atoms. The van der Waals surface area contributed by atoms with Crippen molar-refractivity contribution in [2.45, 2.75) is 19.6 Å². The molecule has 1 aliphatic heterocycles. The second-order valence-corrected chi connectivity index (χ2v) is 5.13. The summed E-state index contributed by atoms with van der Waals surface area (Å²) >= 11 is 0. The van der Waals surface area contributed by atoms with Crippen molar-refractivity contribution < 1.29 is 4.74 Å². The highest BCUT2D eigenvalue weighted by Gasteiger charge is 2.20. The molecule has 2 N–H and O–H groups in total. The summed E-state index contributed by atoms with van der Waals surface area (Å²) in [5, 5.41) is 0. The SMILES string of the molecule is Cc1ccc2nc(N)n(CC3CN(C)CCO3)c2n1. The summed E-state index contributed by atoms with van der Waals surface area (Å²) < 4.78 is 7.73. The van der Waals surface area contributed by atoms with Crippen molar-refractivity contribution in [1.82, 2.24) is 19.4 Å². The normalized spacial score (nSPS) is 21.1. The number of likely N-dealkylation sites (N-methyl/N-ethyl adjacent to an activating group) is 1. The quantitative estimate of drug-likeness (QED) is 0.859. The number of imidazole rings is 1. The largest absolute Gasteiger partial charge is 0.374 e. The molecule has 0 saturated carbocycles. The molecule has 1 unspecified atom stereocenters. The number of aromatic nitrogens is 3. The van der Waals surface area contributed by atoms with E-state index in [0.29, 0.717) is 12.5 Å². The maximum absolute atomic E-state index is 6.00. The summed E-state index contributed by atoms with van der Waals surface area (Å²) in [6.45, 7) is 5.32. The number of hydrogen-bond donors (Lipinski definition) is 1. The fraction of sp³-hybridized carbons (Fsp3) is 0.538. The van der Waals surface area contributed by atoms with Gasteiger partial charge >= 0.3 is 0 Å². The molecule has 0 aliphatic carbocycles. The van der Waals surface area contributed by atoms with Crippen molar-refractivity contribution in [1.29, 1.82) is 0 Å². The van der Waals surface area contributed by atoms with Gasteiger partial charge in [0.15, 0.2) is 5.65 Å². The van der Waals surface area contributed by atoms with Crippen LogP contribution in [0.5, 0.6) is 0 Å². The Hall–Kier alpha value is -1.66. The van der Waals surface area contributed by atoms with Gasteiger partial charge in [0.25, 0.3) is 0 Å². The average molecular weight is 261 g/mol. The molecular weight excluding hydrogens is 242 g/mol. The van der Waals surface area contributed by atoms with E-state index < -0.39 is 0 Å². The van der Waals surface area contributed by atoms with E-state index in [2.05, 4.69) is 21.9 Å². The second-order valence-electron chi connectivity index (χ2n) is 5.13. The lowest BCUT2D eigenvalue weighted by atomic mass is 10.3. The van der Waals surface area contributed by atoms with Gasteiger partial charge in [0.2, 0.25) is 5.95 Å². The minimum Gasteiger partial charge on any atom is -0.374 e. The Morgan fingerprint density at radius 3 is 3.05 bits per heavy atom. The molecule has 6 heteroatoms. The minimum atomic E-state index is 0.140. The predicted molar refractivity (Wildman–Crippen MR) is 73.9 cm³/mol. The van der Waals surface area contributed by atoms with Gasteiger partial charge in [-0.3, -0.25) is 4.57 Å². The highest BCUT2D eigenvalue weighted by Crippen LogP contribution is 2.18. The number of rotatable bonds is 2. The Morgan fingerprint density at radius 1 is 1.42 bits per heavy atom. The molecule has 1 aliphatic rings. The Balaban J connectivity index is 1.91. The minimum absolute atomic E-state index is 0.140. The van der Waals surface area contributed by atoms with Crippen LogP contribution in [0, 0.1) is 6.92 Å². The van der Waals surface area contributed by atoms with Gasteiger partial charge in [0.1, 0.15) is 5.52 Å². The molecule has 0 spiro atoms. The number of nitrogen functional groups attached to an aromatic ring is 1. The molecule has 1 saturated heterocycles. The Morgan fingerprint density at radius 2 is 2.26 bits per heavy atom. The van der Waals surface area contributed by atoms with Crippen LogP contribution in [0.25, 0.3) is 11.2 Å². The third-order valence-electron chi connectivity index (χ3n) is 3.49. The molecule has 0 bridgehead atoms. The van der Waals surface area contributed by atoms with Crippen LogP contribution < -0.4 is 5.73 Å². The van der Waals surface area contributed by atoms with Crippen LogP contribution in [-0.4, -0.2) is 52.3 Å². The number of morpholine rings is 1. The molecule has 0 amide bonds. The van der Waals surface area contributed by atoms with E-state index in [1.807, 2.05) is 23.6 Å². The number of pyridine rings is 1. The molecule has 2 aromatic rings. The highest BCUT2D eigenvalue weighted by atomic mass is 16.5. The fourth-order valence-corrected chi connectivity index (χ4v) is 2.47. The number of hydrogen-bond acceptors (Lipinski definition) is 5. The van der Waals surface area contributed by atoms with Crippen LogP contribution in [0.2, 0.25) is 0 Å². The second kappa shape index (κ2) is 4.79. The zero-order valence-corrected chi connectivity index (χ0v) is 11.3.